The number of rotatable bonds is 2. The van der Waals surface area contributed by atoms with Gasteiger partial charge in [0.2, 0.25) is 0 Å². The number of carbonyl (C=O) groups excluding carboxylic acids is 1. The van der Waals surface area contributed by atoms with Crippen LogP contribution < -0.4 is 0 Å². The Bertz CT molecular complexity index is 918. The van der Waals surface area contributed by atoms with Crippen LogP contribution in [0.25, 0.3) is 16.7 Å². The van der Waals surface area contributed by atoms with Crippen LogP contribution in [0.4, 0.5) is 0 Å². The molecule has 0 aliphatic carbocycles. The average Bonchev–Trinajstić information content (AvgIpc) is 3.12. The summed E-state index contributed by atoms with van der Waals surface area (Å²) in [6.07, 6.45) is 10.1. The van der Waals surface area contributed by atoms with Crippen molar-refractivity contribution in [1.82, 2.24) is 19.4 Å². The first kappa shape index (κ1) is 17.8. The summed E-state index contributed by atoms with van der Waals surface area (Å²) in [5.74, 6) is 0. The number of aldehydes is 1. The van der Waals surface area contributed by atoms with Crippen LogP contribution in [0.15, 0.2) is 42.9 Å². The number of nitriles is 1. The fourth-order valence-electron chi connectivity index (χ4n) is 2.96. The van der Waals surface area contributed by atoms with Gasteiger partial charge in [0.15, 0.2) is 6.29 Å². The maximum absolute atomic E-state index is 10.7. The van der Waals surface area contributed by atoms with Crippen molar-refractivity contribution in [2.75, 3.05) is 20.1 Å². The van der Waals surface area contributed by atoms with Gasteiger partial charge in [-0.1, -0.05) is 6.42 Å². The summed E-state index contributed by atoms with van der Waals surface area (Å²) in [5, 5.41) is 9.61. The van der Waals surface area contributed by atoms with Gasteiger partial charge in [0, 0.05) is 23.3 Å². The molecule has 1 aliphatic heterocycles. The van der Waals surface area contributed by atoms with Crippen LogP contribution in [0.2, 0.25) is 0 Å². The summed E-state index contributed by atoms with van der Waals surface area (Å²) >= 11 is 0. The predicted molar refractivity (Wildman–Crippen MR) is 100 cm³/mol. The minimum Gasteiger partial charge on any atom is -0.306 e. The highest BCUT2D eigenvalue weighted by Gasteiger charge is 2.06. The molecule has 4 rings (SSSR count). The molecule has 0 amide bonds. The molecule has 26 heavy (non-hydrogen) atoms. The molecule has 6 nitrogen and oxygen atoms in total. The van der Waals surface area contributed by atoms with E-state index in [2.05, 4.69) is 21.9 Å². The number of aromatic nitrogens is 3. The van der Waals surface area contributed by atoms with Crippen molar-refractivity contribution in [2.45, 2.75) is 19.3 Å². The molecular weight excluding hydrogens is 326 g/mol. The second-order valence-electron chi connectivity index (χ2n) is 6.36. The molecule has 0 atom stereocenters. The molecule has 0 aromatic carbocycles. The molecule has 0 N–H and O–H groups in total. The highest BCUT2D eigenvalue weighted by molar-refractivity contribution is 5.85. The third-order valence-corrected chi connectivity index (χ3v) is 4.40. The highest BCUT2D eigenvalue weighted by atomic mass is 16.1. The Hall–Kier alpha value is -3.04. The van der Waals surface area contributed by atoms with Crippen LogP contribution in [-0.2, 0) is 0 Å². The third kappa shape index (κ3) is 4.13. The SMILES string of the molecule is CN1CCCCC1.N#Cc1ccc(-n2ccc3cc(C=O)cnc32)cn1. The molecule has 4 heterocycles. The second kappa shape index (κ2) is 8.37. The van der Waals surface area contributed by atoms with Crippen molar-refractivity contribution in [3.8, 4) is 11.8 Å². The monoisotopic (exact) mass is 347 g/mol. The highest BCUT2D eigenvalue weighted by Crippen LogP contribution is 2.18. The molecule has 1 saturated heterocycles. The maximum atomic E-state index is 10.7. The standard InChI is InChI=1S/C14H8N4O.C6H13N/c15-6-12-1-2-13(8-16-12)18-4-3-11-5-10(9-19)7-17-14(11)18;1-7-5-3-2-4-6-7/h1-5,7-9H;2-6H2,1H3. The topological polar surface area (TPSA) is 74.8 Å². The van der Waals surface area contributed by atoms with E-state index < -0.39 is 0 Å². The zero-order valence-electron chi connectivity index (χ0n) is 14.8. The summed E-state index contributed by atoms with van der Waals surface area (Å²) in [6, 6.07) is 9.10. The molecule has 132 valence electrons. The van der Waals surface area contributed by atoms with Crippen molar-refractivity contribution >= 4 is 17.3 Å². The molecule has 0 radical (unpaired) electrons. The van der Waals surface area contributed by atoms with E-state index in [1.54, 1.807) is 24.4 Å². The number of pyridine rings is 2. The molecule has 3 aromatic heterocycles. The molecular formula is C20H21N5O. The van der Waals surface area contributed by atoms with E-state index in [1.165, 1.54) is 38.5 Å². The van der Waals surface area contributed by atoms with Gasteiger partial charge in [-0.25, -0.2) is 9.97 Å². The number of carbonyl (C=O) groups is 1. The first-order valence-corrected chi connectivity index (χ1v) is 8.68. The normalized spacial score (nSPS) is 14.3. The van der Waals surface area contributed by atoms with Gasteiger partial charge in [-0.15, -0.1) is 0 Å². The van der Waals surface area contributed by atoms with Crippen molar-refractivity contribution in [3.63, 3.8) is 0 Å². The molecule has 0 saturated carbocycles. The van der Waals surface area contributed by atoms with Crippen LogP contribution >= 0.6 is 0 Å². The zero-order valence-corrected chi connectivity index (χ0v) is 14.8. The Morgan fingerprint density at radius 1 is 1.12 bits per heavy atom. The lowest BCUT2D eigenvalue weighted by atomic mass is 10.1. The Kier molecular flexibility index (Phi) is 5.72. The van der Waals surface area contributed by atoms with Crippen molar-refractivity contribution in [2.24, 2.45) is 0 Å². The number of hydrogen-bond donors (Lipinski definition) is 0. The number of fused-ring (bicyclic) bond motifs is 1. The first-order chi connectivity index (χ1) is 12.7. The van der Waals surface area contributed by atoms with Gasteiger partial charge in [0.1, 0.15) is 17.4 Å². The average molecular weight is 347 g/mol. The lowest BCUT2D eigenvalue weighted by Crippen LogP contribution is -2.24. The smallest absolute Gasteiger partial charge is 0.151 e. The maximum Gasteiger partial charge on any atom is 0.151 e. The van der Waals surface area contributed by atoms with Crippen LogP contribution in [0.3, 0.4) is 0 Å². The van der Waals surface area contributed by atoms with Gasteiger partial charge in [-0.3, -0.25) is 9.36 Å². The predicted octanol–water partition coefficient (Wildman–Crippen LogP) is 3.21. The lowest BCUT2D eigenvalue weighted by molar-refractivity contribution is 0.112. The van der Waals surface area contributed by atoms with Gasteiger partial charge >= 0.3 is 0 Å². The van der Waals surface area contributed by atoms with Crippen molar-refractivity contribution in [3.05, 3.63) is 54.1 Å². The van der Waals surface area contributed by atoms with Crippen LogP contribution in [0.1, 0.15) is 35.3 Å². The summed E-state index contributed by atoms with van der Waals surface area (Å²) in [4.78, 5) is 21.4. The van der Waals surface area contributed by atoms with E-state index in [0.717, 1.165) is 23.0 Å². The van der Waals surface area contributed by atoms with Gasteiger partial charge in [-0.2, -0.15) is 5.26 Å². The summed E-state index contributed by atoms with van der Waals surface area (Å²) < 4.78 is 1.86. The quantitative estimate of drug-likeness (QED) is 0.666. The van der Waals surface area contributed by atoms with Crippen molar-refractivity contribution < 1.29 is 4.79 Å². The largest absolute Gasteiger partial charge is 0.306 e. The van der Waals surface area contributed by atoms with E-state index in [4.69, 9.17) is 5.26 Å². The number of likely N-dealkylation sites (tertiary alicyclic amines) is 1. The molecule has 6 heteroatoms. The number of hydrogen-bond acceptors (Lipinski definition) is 5. The van der Waals surface area contributed by atoms with Gasteiger partial charge < -0.3 is 4.90 Å². The van der Waals surface area contributed by atoms with Crippen molar-refractivity contribution in [1.29, 1.82) is 5.26 Å². The van der Waals surface area contributed by atoms with E-state index in [0.29, 0.717) is 11.3 Å². The van der Waals surface area contributed by atoms with E-state index in [-0.39, 0.29) is 0 Å². The van der Waals surface area contributed by atoms with Crippen LogP contribution in [-0.4, -0.2) is 45.9 Å². The van der Waals surface area contributed by atoms with Gasteiger partial charge in [0.05, 0.1) is 11.9 Å². The van der Waals surface area contributed by atoms with Gasteiger partial charge in [-0.05, 0) is 57.2 Å². The lowest BCUT2D eigenvalue weighted by Gasteiger charge is -2.20. The molecule has 0 bridgehead atoms. The van der Waals surface area contributed by atoms with Gasteiger partial charge in [0.25, 0.3) is 0 Å². The Morgan fingerprint density at radius 2 is 1.92 bits per heavy atom. The molecule has 1 fully saturated rings. The van der Waals surface area contributed by atoms with E-state index >= 15 is 0 Å². The minimum absolute atomic E-state index is 0.372. The molecule has 0 unspecified atom stereocenters. The zero-order chi connectivity index (χ0) is 18.4. The Balaban J connectivity index is 0.000000236. The second-order valence-corrected chi connectivity index (χ2v) is 6.36. The summed E-state index contributed by atoms with van der Waals surface area (Å²) in [6.45, 7) is 2.64. The van der Waals surface area contributed by atoms with E-state index in [9.17, 15) is 4.79 Å². The third-order valence-electron chi connectivity index (χ3n) is 4.40. The summed E-state index contributed by atoms with van der Waals surface area (Å²) in [5.41, 5.74) is 2.48. The van der Waals surface area contributed by atoms with E-state index in [1.807, 2.05) is 22.9 Å². The van der Waals surface area contributed by atoms with Crippen LogP contribution in [0, 0.1) is 11.3 Å². The number of nitrogens with zero attached hydrogens (tertiary/aromatic N) is 5. The fraction of sp³-hybridized carbons (Fsp3) is 0.300. The van der Waals surface area contributed by atoms with Crippen LogP contribution in [0.5, 0.6) is 0 Å². The Morgan fingerprint density at radius 3 is 2.50 bits per heavy atom. The first-order valence-electron chi connectivity index (χ1n) is 8.68. The number of piperidine rings is 1. The molecule has 1 aliphatic rings. The fourth-order valence-corrected chi connectivity index (χ4v) is 2.96. The molecule has 0 spiro atoms. The molecule has 3 aromatic rings. The Labute approximate surface area is 152 Å². The minimum atomic E-state index is 0.372. The summed E-state index contributed by atoms with van der Waals surface area (Å²) in [7, 11) is 2.19.